The normalized spacial score (nSPS) is 24.4. The van der Waals surface area contributed by atoms with E-state index in [1.54, 1.807) is 24.3 Å². The molecule has 1 aromatic carbocycles. The van der Waals surface area contributed by atoms with Crippen molar-refractivity contribution in [3.8, 4) is 0 Å². The Morgan fingerprint density at radius 3 is 2.42 bits per heavy atom. The van der Waals surface area contributed by atoms with Crippen molar-refractivity contribution in [2.24, 2.45) is 0 Å². The SMILES string of the molecule is C=C1CCCCC1(C)OS(=O)(=O)c1ccc(C)cc1. The van der Waals surface area contributed by atoms with Crippen molar-refractivity contribution in [1.82, 2.24) is 0 Å². The van der Waals surface area contributed by atoms with Gasteiger partial charge in [0.05, 0.1) is 4.90 Å². The van der Waals surface area contributed by atoms with E-state index >= 15 is 0 Å². The smallest absolute Gasteiger partial charge is 0.255 e. The second kappa shape index (κ2) is 5.10. The molecule has 104 valence electrons. The van der Waals surface area contributed by atoms with E-state index in [4.69, 9.17) is 4.18 Å². The van der Waals surface area contributed by atoms with E-state index in [9.17, 15) is 8.42 Å². The highest BCUT2D eigenvalue weighted by Gasteiger charge is 2.36. The average molecular weight is 280 g/mol. The number of aryl methyl sites for hydroxylation is 1. The van der Waals surface area contributed by atoms with Gasteiger partial charge in [0, 0.05) is 0 Å². The fourth-order valence-corrected chi connectivity index (χ4v) is 3.59. The van der Waals surface area contributed by atoms with Crippen LogP contribution in [0.1, 0.15) is 38.2 Å². The minimum absolute atomic E-state index is 0.206. The van der Waals surface area contributed by atoms with Gasteiger partial charge in [-0.05, 0) is 57.2 Å². The fourth-order valence-electron chi connectivity index (χ4n) is 2.34. The molecule has 0 bridgehead atoms. The van der Waals surface area contributed by atoms with Crippen LogP contribution in [0.5, 0.6) is 0 Å². The zero-order chi connectivity index (χ0) is 14.1. The summed E-state index contributed by atoms with van der Waals surface area (Å²) in [5, 5.41) is 0. The van der Waals surface area contributed by atoms with Gasteiger partial charge in [-0.2, -0.15) is 8.42 Å². The van der Waals surface area contributed by atoms with Crippen molar-refractivity contribution in [2.75, 3.05) is 0 Å². The summed E-state index contributed by atoms with van der Waals surface area (Å²) in [6.07, 6.45) is 3.57. The molecule has 0 amide bonds. The van der Waals surface area contributed by atoms with Crippen LogP contribution in [0.3, 0.4) is 0 Å². The van der Waals surface area contributed by atoms with E-state index in [1.807, 2.05) is 13.8 Å². The summed E-state index contributed by atoms with van der Waals surface area (Å²) >= 11 is 0. The molecule has 4 heteroatoms. The van der Waals surface area contributed by atoms with E-state index in [2.05, 4.69) is 6.58 Å². The van der Waals surface area contributed by atoms with E-state index in [0.29, 0.717) is 6.42 Å². The number of rotatable bonds is 3. The minimum atomic E-state index is -3.73. The lowest BCUT2D eigenvalue weighted by Crippen LogP contribution is -2.35. The Balaban J connectivity index is 2.26. The molecule has 0 aliphatic heterocycles. The average Bonchev–Trinajstić information content (AvgIpc) is 2.33. The van der Waals surface area contributed by atoms with Crippen LogP contribution >= 0.6 is 0 Å². The second-order valence-corrected chi connectivity index (χ2v) is 6.94. The first-order chi connectivity index (χ1) is 8.83. The summed E-state index contributed by atoms with van der Waals surface area (Å²) < 4.78 is 30.1. The first-order valence-electron chi connectivity index (χ1n) is 6.54. The molecular weight excluding hydrogens is 260 g/mol. The zero-order valence-corrected chi connectivity index (χ0v) is 12.3. The Labute approximate surface area is 115 Å². The molecule has 1 unspecified atom stereocenters. The number of hydrogen-bond donors (Lipinski definition) is 0. The predicted octanol–water partition coefficient (Wildman–Crippen LogP) is 3.59. The Morgan fingerprint density at radius 1 is 1.21 bits per heavy atom. The molecule has 1 aliphatic carbocycles. The van der Waals surface area contributed by atoms with Crippen LogP contribution in [0.15, 0.2) is 41.3 Å². The van der Waals surface area contributed by atoms with Crippen LogP contribution < -0.4 is 0 Å². The molecule has 19 heavy (non-hydrogen) atoms. The van der Waals surface area contributed by atoms with Crippen molar-refractivity contribution >= 4 is 10.1 Å². The molecule has 0 radical (unpaired) electrons. The van der Waals surface area contributed by atoms with Crippen LogP contribution in [0.25, 0.3) is 0 Å². The van der Waals surface area contributed by atoms with Gasteiger partial charge >= 0.3 is 0 Å². The third kappa shape index (κ3) is 3.07. The largest absolute Gasteiger partial charge is 0.297 e. The fraction of sp³-hybridized carbons (Fsp3) is 0.467. The minimum Gasteiger partial charge on any atom is -0.255 e. The summed E-state index contributed by atoms with van der Waals surface area (Å²) in [5.74, 6) is 0. The van der Waals surface area contributed by atoms with Crippen molar-refractivity contribution in [2.45, 2.75) is 50.0 Å². The number of benzene rings is 1. The van der Waals surface area contributed by atoms with Gasteiger partial charge in [-0.15, -0.1) is 0 Å². The van der Waals surface area contributed by atoms with Crippen LogP contribution in [0.4, 0.5) is 0 Å². The lowest BCUT2D eigenvalue weighted by Gasteiger charge is -2.34. The van der Waals surface area contributed by atoms with Gasteiger partial charge < -0.3 is 0 Å². The monoisotopic (exact) mass is 280 g/mol. The van der Waals surface area contributed by atoms with Crippen molar-refractivity contribution in [1.29, 1.82) is 0 Å². The Morgan fingerprint density at radius 2 is 1.84 bits per heavy atom. The lowest BCUT2D eigenvalue weighted by molar-refractivity contribution is 0.106. The zero-order valence-electron chi connectivity index (χ0n) is 11.5. The molecule has 0 heterocycles. The topological polar surface area (TPSA) is 43.4 Å². The van der Waals surface area contributed by atoms with Gasteiger partial charge in [-0.3, -0.25) is 4.18 Å². The maximum absolute atomic E-state index is 12.3. The Kier molecular flexibility index (Phi) is 3.83. The predicted molar refractivity (Wildman–Crippen MR) is 75.5 cm³/mol. The van der Waals surface area contributed by atoms with Crippen LogP contribution in [0, 0.1) is 6.92 Å². The van der Waals surface area contributed by atoms with Crippen molar-refractivity contribution < 1.29 is 12.6 Å². The molecule has 1 saturated carbocycles. The molecule has 1 atom stereocenters. The summed E-state index contributed by atoms with van der Waals surface area (Å²) in [7, 11) is -3.73. The van der Waals surface area contributed by atoms with E-state index < -0.39 is 15.7 Å². The van der Waals surface area contributed by atoms with Crippen molar-refractivity contribution in [3.63, 3.8) is 0 Å². The lowest BCUT2D eigenvalue weighted by atomic mass is 9.83. The summed E-state index contributed by atoms with van der Waals surface area (Å²) in [5.41, 5.74) is 1.13. The van der Waals surface area contributed by atoms with Crippen LogP contribution in [-0.2, 0) is 14.3 Å². The highest BCUT2D eigenvalue weighted by Crippen LogP contribution is 2.37. The molecule has 0 spiro atoms. The molecule has 1 fully saturated rings. The van der Waals surface area contributed by atoms with Crippen LogP contribution in [-0.4, -0.2) is 14.0 Å². The maximum Gasteiger partial charge on any atom is 0.297 e. The molecule has 0 aromatic heterocycles. The molecule has 0 N–H and O–H groups in total. The van der Waals surface area contributed by atoms with Crippen molar-refractivity contribution in [3.05, 3.63) is 42.0 Å². The van der Waals surface area contributed by atoms with Crippen LogP contribution in [0.2, 0.25) is 0 Å². The molecule has 3 nitrogen and oxygen atoms in total. The maximum atomic E-state index is 12.3. The molecular formula is C15H20O3S. The van der Waals surface area contributed by atoms with Gasteiger partial charge in [0.15, 0.2) is 0 Å². The molecule has 1 aromatic rings. The highest BCUT2D eigenvalue weighted by molar-refractivity contribution is 7.86. The van der Waals surface area contributed by atoms with Gasteiger partial charge in [0.2, 0.25) is 0 Å². The second-order valence-electron chi connectivity index (χ2n) is 5.39. The molecule has 2 rings (SSSR count). The molecule has 1 aliphatic rings. The van der Waals surface area contributed by atoms with Gasteiger partial charge in [0.25, 0.3) is 10.1 Å². The van der Waals surface area contributed by atoms with Gasteiger partial charge in [-0.25, -0.2) is 0 Å². The third-order valence-corrected chi connectivity index (χ3v) is 5.17. The summed E-state index contributed by atoms with van der Waals surface area (Å²) in [6, 6.07) is 6.71. The Hall–Kier alpha value is -1.13. The highest BCUT2D eigenvalue weighted by atomic mass is 32.2. The van der Waals surface area contributed by atoms with Gasteiger partial charge in [0.1, 0.15) is 5.60 Å². The molecule has 0 saturated heterocycles. The summed E-state index contributed by atoms with van der Waals surface area (Å²) in [4.78, 5) is 0.206. The Bertz CT molecular complexity index is 572. The first-order valence-corrected chi connectivity index (χ1v) is 7.95. The number of hydrogen-bond acceptors (Lipinski definition) is 3. The standard InChI is InChI=1S/C15H20O3S/c1-12-7-9-14(10-8-12)19(16,17)18-15(3)11-5-4-6-13(15)2/h7-10H,2,4-6,11H2,1,3H3. The van der Waals surface area contributed by atoms with E-state index in [0.717, 1.165) is 30.4 Å². The third-order valence-electron chi connectivity index (χ3n) is 3.73. The van der Waals surface area contributed by atoms with Gasteiger partial charge in [-0.1, -0.05) is 24.3 Å². The first kappa shape index (κ1) is 14.3. The van der Waals surface area contributed by atoms with E-state index in [-0.39, 0.29) is 4.90 Å². The summed E-state index contributed by atoms with van der Waals surface area (Å²) in [6.45, 7) is 7.71. The van der Waals surface area contributed by atoms with E-state index in [1.165, 1.54) is 0 Å². The quantitative estimate of drug-likeness (QED) is 0.627.